The van der Waals surface area contributed by atoms with Gasteiger partial charge in [0, 0.05) is 51.1 Å². The summed E-state index contributed by atoms with van der Waals surface area (Å²) >= 11 is 1.34. The van der Waals surface area contributed by atoms with E-state index in [9.17, 15) is 0 Å². The molecule has 0 atom stereocenters. The van der Waals surface area contributed by atoms with E-state index >= 15 is 0 Å². The van der Waals surface area contributed by atoms with Crippen LogP contribution in [0.3, 0.4) is 0 Å². The van der Waals surface area contributed by atoms with Gasteiger partial charge >= 0.3 is 0 Å². The van der Waals surface area contributed by atoms with Crippen LogP contribution in [0.4, 0.5) is 0 Å². The number of nitrogens with zero attached hydrogens (tertiary/aromatic N) is 1. The third kappa shape index (κ3) is 6.09. The number of allylic oxidation sites excluding steroid dienone is 4. The van der Waals surface area contributed by atoms with Gasteiger partial charge in [0.2, 0.25) is 0 Å². The zero-order chi connectivity index (χ0) is 37.0. The third-order valence-corrected chi connectivity index (χ3v) is 16.1. The summed E-state index contributed by atoms with van der Waals surface area (Å²) in [5, 5.41) is 4.88. The fraction of sp³-hybridized carbons (Fsp3) is 0. The second-order valence-corrected chi connectivity index (χ2v) is 19.8. The number of hydrogen-bond donors (Lipinski definition) is 0. The quantitative estimate of drug-likeness (QED) is 0.153. The Morgan fingerprint density at radius 1 is 0.536 bits per heavy atom. The van der Waals surface area contributed by atoms with Gasteiger partial charge in [0.25, 0.3) is 0 Å². The molecule has 9 aromatic rings. The van der Waals surface area contributed by atoms with Crippen molar-refractivity contribution in [2.24, 2.45) is 4.99 Å². The Kier molecular flexibility index (Phi) is 8.67. The van der Waals surface area contributed by atoms with Crippen molar-refractivity contribution < 1.29 is 4.42 Å². The average molecular weight is 960 g/mol. The Bertz CT molecular complexity index is 3230. The molecule has 0 saturated carbocycles. The molecule has 5 heteroatoms. The Labute approximate surface area is 348 Å². The predicted octanol–water partition coefficient (Wildman–Crippen LogP) is 15.0. The first-order chi connectivity index (χ1) is 27.7. The maximum Gasteiger partial charge on any atom is 0.143 e. The highest BCUT2D eigenvalue weighted by atomic mass is 127. The van der Waals surface area contributed by atoms with E-state index in [1.54, 1.807) is 0 Å². The van der Waals surface area contributed by atoms with Gasteiger partial charge in [-0.25, -0.2) is 4.99 Å². The smallest absolute Gasteiger partial charge is 0.143 e. The Morgan fingerprint density at radius 3 is 2.14 bits per heavy atom. The Hall–Kier alpha value is -5.35. The Balaban J connectivity index is 1.01. The third-order valence-electron chi connectivity index (χ3n) is 10.5. The van der Waals surface area contributed by atoms with Gasteiger partial charge in [-0.2, -0.15) is 0 Å². The number of furan rings is 1. The van der Waals surface area contributed by atoms with Gasteiger partial charge in [0.1, 0.15) is 14.9 Å². The van der Waals surface area contributed by atoms with Crippen LogP contribution in [0.25, 0.3) is 75.6 Å². The molecule has 11 rings (SSSR count). The van der Waals surface area contributed by atoms with Crippen molar-refractivity contribution in [1.29, 1.82) is 0 Å². The standard InChI is InChI=1S/C51H31I2NOS/c1-2-9-35(10-3-1)45-31-44(53-51(54-45)38-12-8-11-36(29-38)32-25-27-52-28-26-32)34-19-17-33(18-20-34)39-22-23-40(50-49(39)42-14-4-6-15-46(42)55-50)37-21-24-48-43(30-37)41-13-5-7-16-47(41)56-48/h1-31H. The number of benzene rings is 7. The SMILES string of the molecule is C1=CC(c2cccc(C3=NC(c4ccccc4)=CC(c4ccc(-c5ccc(-c6ccc7sc8ccccc8c7c6)c6oc7ccccc7c56)cc4)=I3)c2)=CC=I1. The van der Waals surface area contributed by atoms with Crippen molar-refractivity contribution in [2.75, 3.05) is 0 Å². The lowest BCUT2D eigenvalue weighted by atomic mass is 9.93. The van der Waals surface area contributed by atoms with E-state index in [0.717, 1.165) is 38.8 Å². The van der Waals surface area contributed by atoms with Crippen LogP contribution in [0.5, 0.6) is 0 Å². The van der Waals surface area contributed by atoms with E-state index in [1.165, 1.54) is 66.4 Å². The van der Waals surface area contributed by atoms with E-state index in [1.807, 2.05) is 11.3 Å². The van der Waals surface area contributed by atoms with Crippen LogP contribution in [-0.4, -0.2) is 11.2 Å². The number of fused-ring (bicyclic) bond motifs is 6. The molecule has 0 unspecified atom stereocenters. The lowest BCUT2D eigenvalue weighted by Crippen LogP contribution is -2.05. The minimum absolute atomic E-state index is 0.0414. The molecule has 4 heterocycles. The summed E-state index contributed by atoms with van der Waals surface area (Å²) in [6.45, 7) is 0. The van der Waals surface area contributed by atoms with Crippen LogP contribution in [-0.2, 0) is 0 Å². The number of aliphatic imine (C=N–C) groups is 1. The maximum absolute atomic E-state index is 6.73. The molecule has 0 aliphatic carbocycles. The van der Waals surface area contributed by atoms with E-state index in [2.05, 4.69) is 184 Å². The highest BCUT2D eigenvalue weighted by molar-refractivity contribution is 14.2. The normalized spacial score (nSPS) is 14.3. The second kappa shape index (κ2) is 14.3. The van der Waals surface area contributed by atoms with Gasteiger partial charge in [-0.15, -0.1) is 11.3 Å². The molecule has 0 radical (unpaired) electrons. The number of rotatable bonds is 6. The van der Waals surface area contributed by atoms with Gasteiger partial charge in [-0.05, 0) is 96.1 Å². The molecule has 2 aliphatic heterocycles. The average Bonchev–Trinajstić information content (AvgIpc) is 3.85. The fourth-order valence-electron chi connectivity index (χ4n) is 7.74. The molecule has 56 heavy (non-hydrogen) atoms. The summed E-state index contributed by atoms with van der Waals surface area (Å²) in [6.07, 6.45) is 6.87. The highest BCUT2D eigenvalue weighted by Crippen LogP contribution is 2.44. The van der Waals surface area contributed by atoms with Crippen molar-refractivity contribution in [3.63, 3.8) is 0 Å². The fourth-order valence-corrected chi connectivity index (χ4v) is 13.0. The number of para-hydroxylation sites is 1. The molecule has 0 bridgehead atoms. The van der Waals surface area contributed by atoms with Crippen LogP contribution >= 0.6 is 52.8 Å². The summed E-state index contributed by atoms with van der Waals surface area (Å²) in [5.41, 5.74) is 13.6. The molecular formula is C51H31I2NOS. The second-order valence-electron chi connectivity index (χ2n) is 13.8. The zero-order valence-electron chi connectivity index (χ0n) is 29.9. The molecule has 2 aliphatic rings. The first-order valence-corrected chi connectivity index (χ1v) is 24.0. The van der Waals surface area contributed by atoms with Crippen LogP contribution in [0.1, 0.15) is 22.3 Å². The molecule has 2 aromatic heterocycles. The zero-order valence-corrected chi connectivity index (χ0v) is 35.0. The predicted molar refractivity (Wildman–Crippen MR) is 260 cm³/mol. The van der Waals surface area contributed by atoms with Gasteiger partial charge in [0.15, 0.2) is 0 Å². The minimum Gasteiger partial charge on any atom is -0.455 e. The first kappa shape index (κ1) is 33.9. The first-order valence-electron chi connectivity index (χ1n) is 18.5. The largest absolute Gasteiger partial charge is 0.455 e. The lowest BCUT2D eigenvalue weighted by molar-refractivity contribution is 0.670. The van der Waals surface area contributed by atoms with Crippen molar-refractivity contribution in [3.05, 3.63) is 202 Å². The van der Waals surface area contributed by atoms with Crippen LogP contribution in [0.15, 0.2) is 189 Å². The molecule has 7 aromatic carbocycles. The van der Waals surface area contributed by atoms with Gasteiger partial charge in [-0.1, -0.05) is 163 Å². The number of hydrogen-bond acceptors (Lipinski definition) is 3. The lowest BCUT2D eigenvalue weighted by Gasteiger charge is -2.15. The topological polar surface area (TPSA) is 25.5 Å². The molecule has 0 fully saturated rings. The van der Waals surface area contributed by atoms with Gasteiger partial charge in [-0.3, -0.25) is 0 Å². The van der Waals surface area contributed by atoms with Crippen molar-refractivity contribution in [1.82, 2.24) is 0 Å². The summed E-state index contributed by atoms with van der Waals surface area (Å²) in [7, 11) is 0. The van der Waals surface area contributed by atoms with Gasteiger partial charge < -0.3 is 4.42 Å². The summed E-state index contributed by atoms with van der Waals surface area (Å²) in [6, 6.07) is 57.2. The van der Waals surface area contributed by atoms with Crippen LogP contribution < -0.4 is 0 Å². The Morgan fingerprint density at radius 2 is 1.27 bits per heavy atom. The number of thiophene rings is 1. The molecule has 2 nitrogen and oxygen atoms in total. The van der Waals surface area contributed by atoms with Gasteiger partial charge in [0.05, 0.1) is 5.70 Å². The maximum atomic E-state index is 6.73. The summed E-state index contributed by atoms with van der Waals surface area (Å²) in [5.74, 6) is 0. The van der Waals surface area contributed by atoms with Crippen molar-refractivity contribution >= 4 is 117 Å². The molecule has 0 saturated heterocycles. The van der Waals surface area contributed by atoms with Crippen molar-refractivity contribution in [3.8, 4) is 22.3 Å². The monoisotopic (exact) mass is 959 g/mol. The molecule has 0 amide bonds. The molecule has 0 spiro atoms. The summed E-state index contributed by atoms with van der Waals surface area (Å²) < 4.78 is 16.6. The van der Waals surface area contributed by atoms with Crippen LogP contribution in [0.2, 0.25) is 0 Å². The van der Waals surface area contributed by atoms with Crippen molar-refractivity contribution in [2.45, 2.75) is 0 Å². The summed E-state index contributed by atoms with van der Waals surface area (Å²) in [4.78, 5) is 5.32. The van der Waals surface area contributed by atoms with E-state index in [-0.39, 0.29) is 20.7 Å². The van der Waals surface area contributed by atoms with Crippen LogP contribution in [0, 0.1) is 0 Å². The van der Waals surface area contributed by atoms with E-state index in [4.69, 9.17) is 9.41 Å². The molecule has 0 N–H and O–H groups in total. The number of halogens is 2. The molecule has 266 valence electrons. The minimum atomic E-state index is -0.551. The van der Waals surface area contributed by atoms with E-state index < -0.39 is 20.7 Å². The highest BCUT2D eigenvalue weighted by Gasteiger charge is 2.19. The van der Waals surface area contributed by atoms with E-state index in [0.29, 0.717) is 0 Å². The molecular weight excluding hydrogens is 928 g/mol.